The second-order valence-corrected chi connectivity index (χ2v) is 5.82. The fourth-order valence-electron chi connectivity index (χ4n) is 0.896. The standard InChI is InChI=1S/C11H23NOS/c1-5-7-12-10(13)6-8-14-9-11(2,3)4/h5-9H2,1-4H3,(H,12,13). The van der Waals surface area contributed by atoms with Gasteiger partial charge in [-0.2, -0.15) is 11.8 Å². The van der Waals surface area contributed by atoms with Gasteiger partial charge in [-0.05, 0) is 17.6 Å². The number of amides is 1. The molecular weight excluding hydrogens is 194 g/mol. The number of carbonyl (C=O) groups is 1. The predicted molar refractivity (Wildman–Crippen MR) is 64.7 cm³/mol. The lowest BCUT2D eigenvalue weighted by Gasteiger charge is -2.16. The lowest BCUT2D eigenvalue weighted by molar-refractivity contribution is -0.120. The molecule has 0 radical (unpaired) electrons. The third-order valence-corrected chi connectivity index (χ3v) is 3.14. The number of hydrogen-bond acceptors (Lipinski definition) is 2. The lowest BCUT2D eigenvalue weighted by atomic mass is 10.0. The fourth-order valence-corrected chi connectivity index (χ4v) is 1.98. The van der Waals surface area contributed by atoms with E-state index < -0.39 is 0 Å². The smallest absolute Gasteiger partial charge is 0.220 e. The molecule has 0 saturated heterocycles. The molecule has 0 bridgehead atoms. The van der Waals surface area contributed by atoms with E-state index >= 15 is 0 Å². The third kappa shape index (κ3) is 9.90. The topological polar surface area (TPSA) is 29.1 Å². The zero-order valence-electron chi connectivity index (χ0n) is 9.85. The molecule has 0 aromatic heterocycles. The van der Waals surface area contributed by atoms with Crippen molar-refractivity contribution in [2.24, 2.45) is 5.41 Å². The highest BCUT2D eigenvalue weighted by atomic mass is 32.2. The van der Waals surface area contributed by atoms with Crippen LogP contribution in [-0.2, 0) is 4.79 Å². The minimum atomic E-state index is 0.188. The summed E-state index contributed by atoms with van der Waals surface area (Å²) in [7, 11) is 0. The summed E-state index contributed by atoms with van der Waals surface area (Å²) >= 11 is 1.86. The van der Waals surface area contributed by atoms with Crippen molar-refractivity contribution >= 4 is 17.7 Å². The zero-order chi connectivity index (χ0) is 11.0. The molecule has 0 aromatic carbocycles. The molecule has 1 amide bonds. The third-order valence-electron chi connectivity index (χ3n) is 1.58. The van der Waals surface area contributed by atoms with Crippen LogP contribution in [0.3, 0.4) is 0 Å². The van der Waals surface area contributed by atoms with Gasteiger partial charge in [0, 0.05) is 18.7 Å². The Morgan fingerprint density at radius 2 is 2.00 bits per heavy atom. The van der Waals surface area contributed by atoms with Gasteiger partial charge in [-0.3, -0.25) is 4.79 Å². The van der Waals surface area contributed by atoms with Gasteiger partial charge in [0.25, 0.3) is 0 Å². The number of rotatable bonds is 6. The summed E-state index contributed by atoms with van der Waals surface area (Å²) in [6.07, 6.45) is 1.67. The van der Waals surface area contributed by atoms with Crippen molar-refractivity contribution in [2.45, 2.75) is 40.5 Å². The SMILES string of the molecule is CCCNC(=O)CCSCC(C)(C)C. The summed E-state index contributed by atoms with van der Waals surface area (Å²) < 4.78 is 0. The quantitative estimate of drug-likeness (QED) is 0.693. The largest absolute Gasteiger partial charge is 0.356 e. The molecule has 1 N–H and O–H groups in total. The Kier molecular flexibility index (Phi) is 7.06. The molecule has 0 aliphatic rings. The summed E-state index contributed by atoms with van der Waals surface area (Å²) in [5, 5.41) is 2.88. The van der Waals surface area contributed by atoms with Crippen molar-refractivity contribution in [3.8, 4) is 0 Å². The van der Waals surface area contributed by atoms with E-state index in [0.29, 0.717) is 11.8 Å². The molecule has 0 unspecified atom stereocenters. The van der Waals surface area contributed by atoms with Crippen molar-refractivity contribution in [1.82, 2.24) is 5.32 Å². The van der Waals surface area contributed by atoms with Gasteiger partial charge in [0.2, 0.25) is 5.91 Å². The number of thioether (sulfide) groups is 1. The van der Waals surface area contributed by atoms with Crippen molar-refractivity contribution in [1.29, 1.82) is 0 Å². The summed E-state index contributed by atoms with van der Waals surface area (Å²) in [5.41, 5.74) is 0.366. The monoisotopic (exact) mass is 217 g/mol. The molecular formula is C11H23NOS. The molecule has 2 nitrogen and oxygen atoms in total. The fraction of sp³-hybridized carbons (Fsp3) is 0.909. The highest BCUT2D eigenvalue weighted by molar-refractivity contribution is 7.99. The van der Waals surface area contributed by atoms with Crippen molar-refractivity contribution in [3.63, 3.8) is 0 Å². The Morgan fingerprint density at radius 1 is 1.36 bits per heavy atom. The van der Waals surface area contributed by atoms with Gasteiger partial charge in [-0.15, -0.1) is 0 Å². The Morgan fingerprint density at radius 3 is 2.50 bits per heavy atom. The Hall–Kier alpha value is -0.180. The Balaban J connectivity index is 3.32. The Bertz CT molecular complexity index is 163. The van der Waals surface area contributed by atoms with Gasteiger partial charge >= 0.3 is 0 Å². The minimum Gasteiger partial charge on any atom is -0.356 e. The molecule has 0 atom stereocenters. The van der Waals surface area contributed by atoms with E-state index in [-0.39, 0.29) is 5.91 Å². The van der Waals surface area contributed by atoms with Gasteiger partial charge in [0.15, 0.2) is 0 Å². The number of nitrogens with one attached hydrogen (secondary N) is 1. The van der Waals surface area contributed by atoms with Crippen LogP contribution in [0, 0.1) is 5.41 Å². The maximum atomic E-state index is 11.2. The molecule has 14 heavy (non-hydrogen) atoms. The van der Waals surface area contributed by atoms with Crippen molar-refractivity contribution in [2.75, 3.05) is 18.1 Å². The highest BCUT2D eigenvalue weighted by Crippen LogP contribution is 2.20. The van der Waals surface area contributed by atoms with Crippen LogP contribution in [0.4, 0.5) is 0 Å². The first-order chi connectivity index (χ1) is 6.45. The molecule has 84 valence electrons. The van der Waals surface area contributed by atoms with Crippen LogP contribution in [0.5, 0.6) is 0 Å². The Labute approximate surface area is 92.2 Å². The van der Waals surface area contributed by atoms with E-state index in [4.69, 9.17) is 0 Å². The maximum Gasteiger partial charge on any atom is 0.220 e. The van der Waals surface area contributed by atoms with Crippen molar-refractivity contribution in [3.05, 3.63) is 0 Å². The normalized spacial score (nSPS) is 11.4. The van der Waals surface area contributed by atoms with Crippen LogP contribution in [-0.4, -0.2) is 24.0 Å². The summed E-state index contributed by atoms with van der Waals surface area (Å²) in [5.74, 6) is 2.24. The van der Waals surface area contributed by atoms with Gasteiger partial charge < -0.3 is 5.32 Å². The zero-order valence-corrected chi connectivity index (χ0v) is 10.7. The van der Waals surface area contributed by atoms with Crippen molar-refractivity contribution < 1.29 is 4.79 Å². The van der Waals surface area contributed by atoms with Gasteiger partial charge in [0.05, 0.1) is 0 Å². The summed E-state index contributed by atoms with van der Waals surface area (Å²) in [6, 6.07) is 0. The molecule has 0 heterocycles. The molecule has 0 aliphatic carbocycles. The summed E-state index contributed by atoms with van der Waals surface area (Å²) in [6.45, 7) is 9.53. The first-order valence-corrected chi connectivity index (χ1v) is 6.45. The van der Waals surface area contributed by atoms with Gasteiger partial charge in [0.1, 0.15) is 0 Å². The van der Waals surface area contributed by atoms with E-state index in [1.54, 1.807) is 0 Å². The van der Waals surface area contributed by atoms with Crippen LogP contribution in [0.25, 0.3) is 0 Å². The van der Waals surface area contributed by atoms with Gasteiger partial charge in [-0.25, -0.2) is 0 Å². The van der Waals surface area contributed by atoms with Crippen LogP contribution < -0.4 is 5.32 Å². The number of carbonyl (C=O) groups excluding carboxylic acids is 1. The lowest BCUT2D eigenvalue weighted by Crippen LogP contribution is -2.24. The minimum absolute atomic E-state index is 0.188. The van der Waals surface area contributed by atoms with E-state index in [1.165, 1.54) is 0 Å². The van der Waals surface area contributed by atoms with Gasteiger partial charge in [-0.1, -0.05) is 27.7 Å². The van der Waals surface area contributed by atoms with Crippen LogP contribution in [0.1, 0.15) is 40.5 Å². The van der Waals surface area contributed by atoms with E-state index in [1.807, 2.05) is 11.8 Å². The maximum absolute atomic E-state index is 11.2. The molecule has 0 aromatic rings. The average Bonchev–Trinajstić information content (AvgIpc) is 2.07. The van der Waals surface area contributed by atoms with Crippen LogP contribution in [0.15, 0.2) is 0 Å². The molecule has 0 fully saturated rings. The van der Waals surface area contributed by atoms with Crippen LogP contribution >= 0.6 is 11.8 Å². The second-order valence-electron chi connectivity index (χ2n) is 4.71. The second kappa shape index (κ2) is 7.16. The highest BCUT2D eigenvalue weighted by Gasteiger charge is 2.10. The molecule has 0 rings (SSSR count). The average molecular weight is 217 g/mol. The van der Waals surface area contributed by atoms with E-state index in [2.05, 4.69) is 33.0 Å². The van der Waals surface area contributed by atoms with E-state index in [0.717, 1.165) is 24.5 Å². The molecule has 0 saturated carbocycles. The summed E-state index contributed by atoms with van der Waals surface area (Å²) in [4.78, 5) is 11.2. The number of hydrogen-bond donors (Lipinski definition) is 1. The first-order valence-electron chi connectivity index (χ1n) is 5.30. The van der Waals surface area contributed by atoms with Crippen LogP contribution in [0.2, 0.25) is 0 Å². The first kappa shape index (κ1) is 13.8. The molecule has 0 spiro atoms. The predicted octanol–water partition coefficient (Wildman–Crippen LogP) is 2.68. The van der Waals surface area contributed by atoms with E-state index in [9.17, 15) is 4.79 Å². The molecule has 0 aliphatic heterocycles. The molecule has 3 heteroatoms.